The van der Waals surface area contributed by atoms with Crippen LogP contribution in [0, 0.1) is 0 Å². The van der Waals surface area contributed by atoms with Gasteiger partial charge in [0.15, 0.2) is 28.8 Å². The number of carbonyl (C=O) groups excluding carboxylic acids is 2. The molecule has 2 heterocycles. The summed E-state index contributed by atoms with van der Waals surface area (Å²) in [5.74, 6) is 1.12. The molecule has 37 heavy (non-hydrogen) atoms. The van der Waals surface area contributed by atoms with Gasteiger partial charge in [-0.05, 0) is 42.0 Å². The monoisotopic (exact) mass is 504 g/mol. The summed E-state index contributed by atoms with van der Waals surface area (Å²) in [5, 5.41) is 10.0. The maximum Gasteiger partial charge on any atom is 0.312 e. The van der Waals surface area contributed by atoms with Crippen molar-refractivity contribution in [2.75, 3.05) is 28.4 Å². The Morgan fingerprint density at radius 1 is 0.838 bits per heavy atom. The van der Waals surface area contributed by atoms with Crippen LogP contribution in [-0.2, 0) is 4.79 Å². The van der Waals surface area contributed by atoms with Crippen molar-refractivity contribution in [2.24, 2.45) is 0 Å². The highest BCUT2D eigenvalue weighted by molar-refractivity contribution is 6.15. The highest BCUT2D eigenvalue weighted by Crippen LogP contribution is 2.50. The second kappa shape index (κ2) is 9.42. The third-order valence-electron chi connectivity index (χ3n) is 6.41. The van der Waals surface area contributed by atoms with Gasteiger partial charge in [-0.3, -0.25) is 9.59 Å². The average molecular weight is 504 g/mol. The molecule has 1 atom stereocenters. The van der Waals surface area contributed by atoms with E-state index in [0.717, 1.165) is 0 Å². The predicted molar refractivity (Wildman–Crippen MR) is 132 cm³/mol. The normalized spacial score (nSPS) is 17.0. The van der Waals surface area contributed by atoms with Gasteiger partial charge >= 0.3 is 5.97 Å². The quantitative estimate of drug-likeness (QED) is 0.295. The summed E-state index contributed by atoms with van der Waals surface area (Å²) in [7, 11) is 5.99. The van der Waals surface area contributed by atoms with Crippen LogP contribution < -0.4 is 28.4 Å². The second-order valence-corrected chi connectivity index (χ2v) is 8.41. The lowest BCUT2D eigenvalue weighted by Gasteiger charge is -2.26. The number of allylic oxidation sites excluding steroid dienone is 1. The molecule has 2 aliphatic heterocycles. The summed E-state index contributed by atoms with van der Waals surface area (Å²) in [5.41, 5.74) is 2.17. The Morgan fingerprint density at radius 2 is 1.54 bits per heavy atom. The SMILES string of the molecule is COc1cc(C2CC(=O)Oc3ccc4c(c32)O/C(=C\c2cc(OC)c(OC)cc2OC)C4=O)ccc1O. The second-order valence-electron chi connectivity index (χ2n) is 8.41. The van der Waals surface area contributed by atoms with E-state index in [2.05, 4.69) is 0 Å². The Morgan fingerprint density at radius 3 is 2.24 bits per heavy atom. The molecule has 0 radical (unpaired) electrons. The predicted octanol–water partition coefficient (Wildman–Crippen LogP) is 4.48. The fourth-order valence-corrected chi connectivity index (χ4v) is 4.61. The Kier molecular flexibility index (Phi) is 6.12. The molecular formula is C28H24O9. The lowest BCUT2D eigenvalue weighted by molar-refractivity contribution is -0.135. The molecule has 0 fully saturated rings. The Labute approximate surface area is 212 Å². The Bertz CT molecular complexity index is 1450. The lowest BCUT2D eigenvalue weighted by atomic mass is 9.84. The number of aromatic hydroxyl groups is 1. The molecule has 2 aliphatic rings. The Hall–Kier alpha value is -4.66. The molecule has 9 nitrogen and oxygen atoms in total. The molecular weight excluding hydrogens is 480 g/mol. The van der Waals surface area contributed by atoms with Gasteiger partial charge in [-0.25, -0.2) is 0 Å². The first-order valence-corrected chi connectivity index (χ1v) is 11.4. The minimum Gasteiger partial charge on any atom is -0.504 e. The van der Waals surface area contributed by atoms with E-state index in [1.807, 2.05) is 0 Å². The maximum atomic E-state index is 13.4. The molecule has 190 valence electrons. The summed E-state index contributed by atoms with van der Waals surface area (Å²) < 4.78 is 33.1. The van der Waals surface area contributed by atoms with Crippen LogP contribution in [0.3, 0.4) is 0 Å². The smallest absolute Gasteiger partial charge is 0.312 e. The number of phenolic OH excluding ortho intramolecular Hbond substituents is 1. The molecule has 0 saturated carbocycles. The van der Waals surface area contributed by atoms with Gasteiger partial charge in [0.25, 0.3) is 0 Å². The van der Waals surface area contributed by atoms with Crippen molar-refractivity contribution in [1.29, 1.82) is 0 Å². The molecule has 0 bridgehead atoms. The van der Waals surface area contributed by atoms with Gasteiger partial charge in [-0.2, -0.15) is 0 Å². The molecule has 5 rings (SSSR count). The zero-order chi connectivity index (χ0) is 26.3. The van der Waals surface area contributed by atoms with Crippen LogP contribution in [0.25, 0.3) is 6.08 Å². The number of ketones is 1. The first-order valence-electron chi connectivity index (χ1n) is 11.4. The van der Waals surface area contributed by atoms with E-state index in [1.165, 1.54) is 34.5 Å². The van der Waals surface area contributed by atoms with Crippen LogP contribution in [0.15, 0.2) is 48.2 Å². The Balaban J connectivity index is 1.61. The zero-order valence-corrected chi connectivity index (χ0v) is 20.6. The van der Waals surface area contributed by atoms with Crippen molar-refractivity contribution in [1.82, 2.24) is 0 Å². The van der Waals surface area contributed by atoms with Crippen molar-refractivity contribution in [3.63, 3.8) is 0 Å². The number of carbonyl (C=O) groups is 2. The highest BCUT2D eigenvalue weighted by Gasteiger charge is 2.39. The van der Waals surface area contributed by atoms with E-state index in [0.29, 0.717) is 51.0 Å². The number of rotatable bonds is 6. The van der Waals surface area contributed by atoms with E-state index >= 15 is 0 Å². The molecule has 9 heteroatoms. The summed E-state index contributed by atoms with van der Waals surface area (Å²) in [6, 6.07) is 11.4. The molecule has 0 spiro atoms. The third kappa shape index (κ3) is 4.08. The zero-order valence-electron chi connectivity index (χ0n) is 20.6. The number of hydrogen-bond donors (Lipinski definition) is 1. The fourth-order valence-electron chi connectivity index (χ4n) is 4.61. The number of benzene rings is 3. The van der Waals surface area contributed by atoms with Crippen LogP contribution in [0.2, 0.25) is 0 Å². The van der Waals surface area contributed by atoms with Crippen LogP contribution in [0.5, 0.6) is 40.2 Å². The highest BCUT2D eigenvalue weighted by atomic mass is 16.5. The molecule has 0 aromatic heterocycles. The maximum absolute atomic E-state index is 13.4. The fraction of sp³-hybridized carbons (Fsp3) is 0.214. The summed E-state index contributed by atoms with van der Waals surface area (Å²) >= 11 is 0. The van der Waals surface area contributed by atoms with Gasteiger partial charge < -0.3 is 33.5 Å². The number of esters is 1. The lowest BCUT2D eigenvalue weighted by Crippen LogP contribution is -2.21. The molecule has 3 aromatic rings. The molecule has 1 N–H and O–H groups in total. The van der Waals surface area contributed by atoms with E-state index < -0.39 is 11.9 Å². The van der Waals surface area contributed by atoms with Gasteiger partial charge in [0.1, 0.15) is 17.2 Å². The number of fused-ring (bicyclic) bond motifs is 3. The molecule has 0 amide bonds. The largest absolute Gasteiger partial charge is 0.504 e. The van der Waals surface area contributed by atoms with E-state index in [-0.39, 0.29) is 29.5 Å². The van der Waals surface area contributed by atoms with Crippen LogP contribution in [0.1, 0.15) is 39.4 Å². The van der Waals surface area contributed by atoms with Crippen molar-refractivity contribution in [2.45, 2.75) is 12.3 Å². The number of methoxy groups -OCH3 is 4. The van der Waals surface area contributed by atoms with Gasteiger partial charge in [-0.1, -0.05) is 6.07 Å². The molecule has 3 aromatic carbocycles. The minimum atomic E-state index is -0.483. The number of ether oxygens (including phenoxy) is 6. The number of hydrogen-bond acceptors (Lipinski definition) is 9. The van der Waals surface area contributed by atoms with Crippen LogP contribution >= 0.6 is 0 Å². The van der Waals surface area contributed by atoms with Crippen molar-refractivity contribution in [3.05, 3.63) is 70.5 Å². The van der Waals surface area contributed by atoms with Gasteiger partial charge in [0, 0.05) is 23.1 Å². The first-order chi connectivity index (χ1) is 17.9. The summed E-state index contributed by atoms with van der Waals surface area (Å²) in [6.45, 7) is 0. The molecule has 0 aliphatic carbocycles. The standard InChI is InChI=1S/C28H24O9/c1-32-20-13-23(35-4)22(34-3)10-15(20)11-24-27(31)16-6-8-19-26(28(16)37-24)17(12-25(30)36-19)14-5-7-18(29)21(9-14)33-2/h5-11,13,17,29H,12H2,1-4H3/b24-11-. The first kappa shape index (κ1) is 24.1. The number of Topliss-reactive ketones (excluding diaryl/α,β-unsaturated/α-hetero) is 1. The summed E-state index contributed by atoms with van der Waals surface area (Å²) in [6.07, 6.45) is 1.60. The van der Waals surface area contributed by atoms with Gasteiger partial charge in [0.05, 0.1) is 40.4 Å². The molecule has 0 saturated heterocycles. The summed E-state index contributed by atoms with van der Waals surface area (Å²) in [4.78, 5) is 25.8. The van der Waals surface area contributed by atoms with E-state index in [4.69, 9.17) is 28.4 Å². The average Bonchev–Trinajstić information content (AvgIpc) is 3.22. The van der Waals surface area contributed by atoms with E-state index in [9.17, 15) is 14.7 Å². The van der Waals surface area contributed by atoms with Gasteiger partial charge in [-0.15, -0.1) is 0 Å². The van der Waals surface area contributed by atoms with Crippen molar-refractivity contribution in [3.8, 4) is 40.2 Å². The van der Waals surface area contributed by atoms with Gasteiger partial charge in [0.2, 0.25) is 5.78 Å². The van der Waals surface area contributed by atoms with Crippen LogP contribution in [0.4, 0.5) is 0 Å². The number of phenols is 1. The third-order valence-corrected chi connectivity index (χ3v) is 6.41. The van der Waals surface area contributed by atoms with Crippen molar-refractivity contribution < 1.29 is 43.1 Å². The minimum absolute atomic E-state index is 0.0244. The molecule has 1 unspecified atom stereocenters. The van der Waals surface area contributed by atoms with Crippen molar-refractivity contribution >= 4 is 17.8 Å². The topological polar surface area (TPSA) is 110 Å². The van der Waals surface area contributed by atoms with Crippen LogP contribution in [-0.4, -0.2) is 45.3 Å². The van der Waals surface area contributed by atoms with E-state index in [1.54, 1.807) is 42.5 Å².